The molecule has 1 aromatic carbocycles. The van der Waals surface area contributed by atoms with Crippen LogP contribution in [0.3, 0.4) is 0 Å². The van der Waals surface area contributed by atoms with Crippen molar-refractivity contribution >= 4 is 38.9 Å². The van der Waals surface area contributed by atoms with Crippen molar-refractivity contribution in [1.82, 2.24) is 14.8 Å². The first-order chi connectivity index (χ1) is 12.7. The summed E-state index contributed by atoms with van der Waals surface area (Å²) in [5.74, 6) is 0. The number of benzene rings is 1. The number of nitrogens with zero attached hydrogens (tertiary/aromatic N) is 3. The van der Waals surface area contributed by atoms with Gasteiger partial charge >= 0.3 is 0 Å². The molecule has 2 aromatic rings. The summed E-state index contributed by atoms with van der Waals surface area (Å²) in [6, 6.07) is 12.1. The number of nitrogens with one attached hydrogen (secondary N) is 1. The zero-order valence-electron chi connectivity index (χ0n) is 14.6. The first-order valence-electron chi connectivity index (χ1n) is 8.71. The van der Waals surface area contributed by atoms with Crippen LogP contribution in [0.2, 0.25) is 0 Å². The maximum atomic E-state index is 5.70. The molecule has 0 atom stereocenters. The Balaban J connectivity index is 1.64. The molecule has 2 heterocycles. The Hall–Kier alpha value is -1.54. The van der Waals surface area contributed by atoms with Crippen LogP contribution in [0.1, 0.15) is 5.56 Å². The minimum absolute atomic E-state index is 0.726. The quantitative estimate of drug-likeness (QED) is 0.702. The number of hydrogen-bond acceptors (Lipinski definition) is 4. The van der Waals surface area contributed by atoms with Gasteiger partial charge in [0.05, 0.1) is 13.2 Å². The third-order valence-electron chi connectivity index (χ3n) is 4.27. The van der Waals surface area contributed by atoms with E-state index >= 15 is 0 Å². The Kier molecular flexibility index (Phi) is 7.37. The largest absolute Gasteiger partial charge is 0.379 e. The molecule has 1 saturated heterocycles. The van der Waals surface area contributed by atoms with Gasteiger partial charge in [0.2, 0.25) is 0 Å². The molecule has 0 amide bonds. The van der Waals surface area contributed by atoms with Crippen molar-refractivity contribution < 1.29 is 4.74 Å². The zero-order chi connectivity index (χ0) is 18.2. The van der Waals surface area contributed by atoms with Crippen LogP contribution in [-0.4, -0.2) is 59.3 Å². The lowest BCUT2D eigenvalue weighted by Gasteiger charge is -2.31. The molecule has 5 nitrogen and oxygen atoms in total. The summed E-state index contributed by atoms with van der Waals surface area (Å²) in [4.78, 5) is 8.84. The number of morpholine rings is 1. The van der Waals surface area contributed by atoms with E-state index in [0.717, 1.165) is 66.8 Å². The van der Waals surface area contributed by atoms with E-state index in [1.54, 1.807) is 6.20 Å². The van der Waals surface area contributed by atoms with Crippen molar-refractivity contribution in [3.8, 4) is 0 Å². The number of rotatable bonds is 6. The van der Waals surface area contributed by atoms with Gasteiger partial charge in [-0.1, -0.05) is 22.0 Å². The Labute approximate surface area is 168 Å². The highest BCUT2D eigenvalue weighted by Gasteiger charge is 2.15. The summed E-state index contributed by atoms with van der Waals surface area (Å²) < 4.78 is 6.48. The molecule has 138 valence electrons. The minimum Gasteiger partial charge on any atom is -0.379 e. The first kappa shape index (κ1) is 19.2. The molecule has 26 heavy (non-hydrogen) atoms. The highest BCUT2D eigenvalue weighted by atomic mass is 79.9. The lowest BCUT2D eigenvalue weighted by Crippen LogP contribution is -2.43. The van der Waals surface area contributed by atoms with Gasteiger partial charge in [0.15, 0.2) is 5.11 Å². The first-order valence-corrected chi connectivity index (χ1v) is 9.91. The molecule has 1 aliphatic heterocycles. The topological polar surface area (TPSA) is 40.6 Å². The van der Waals surface area contributed by atoms with Gasteiger partial charge in [-0.25, -0.2) is 0 Å². The van der Waals surface area contributed by atoms with Crippen molar-refractivity contribution in [1.29, 1.82) is 0 Å². The number of halogens is 1. The molecule has 1 aliphatic rings. The van der Waals surface area contributed by atoms with Crippen molar-refractivity contribution in [2.24, 2.45) is 0 Å². The van der Waals surface area contributed by atoms with E-state index in [1.165, 1.54) is 0 Å². The van der Waals surface area contributed by atoms with Gasteiger partial charge in [-0.2, -0.15) is 0 Å². The van der Waals surface area contributed by atoms with Gasteiger partial charge in [0, 0.05) is 55.3 Å². The van der Waals surface area contributed by atoms with Crippen molar-refractivity contribution in [2.75, 3.05) is 44.7 Å². The Morgan fingerprint density at radius 1 is 1.23 bits per heavy atom. The molecule has 0 bridgehead atoms. The molecule has 0 aliphatic carbocycles. The van der Waals surface area contributed by atoms with Gasteiger partial charge < -0.3 is 15.0 Å². The molecule has 0 unspecified atom stereocenters. The summed E-state index contributed by atoms with van der Waals surface area (Å²) >= 11 is 9.16. The molecule has 1 N–H and O–H groups in total. The number of thiocarbonyl (C=S) groups is 1. The van der Waals surface area contributed by atoms with Crippen LogP contribution >= 0.6 is 28.1 Å². The standard InChI is InChI=1S/C19H23BrN4OS/c20-17-3-5-18(6-4-17)22-19(26)24(15-16-2-1-7-21-14-16)9-8-23-10-12-25-13-11-23/h1-7,14H,8-13,15H2,(H,22,26). The number of hydrogen-bond donors (Lipinski definition) is 1. The van der Waals surface area contributed by atoms with Gasteiger partial charge in [0.25, 0.3) is 0 Å². The molecular weight excluding hydrogens is 412 g/mol. The summed E-state index contributed by atoms with van der Waals surface area (Å²) in [7, 11) is 0. The number of aromatic nitrogens is 1. The zero-order valence-corrected chi connectivity index (χ0v) is 17.0. The van der Waals surface area contributed by atoms with Crippen LogP contribution in [0.5, 0.6) is 0 Å². The monoisotopic (exact) mass is 434 g/mol. The van der Waals surface area contributed by atoms with E-state index in [2.05, 4.69) is 42.1 Å². The molecule has 7 heteroatoms. The fraction of sp³-hybridized carbons (Fsp3) is 0.368. The molecule has 0 saturated carbocycles. The van der Waals surface area contributed by atoms with Crippen LogP contribution < -0.4 is 5.32 Å². The fourth-order valence-electron chi connectivity index (χ4n) is 2.79. The lowest BCUT2D eigenvalue weighted by molar-refractivity contribution is 0.0358. The van der Waals surface area contributed by atoms with E-state index in [1.807, 2.05) is 36.5 Å². The molecule has 1 fully saturated rings. The van der Waals surface area contributed by atoms with E-state index < -0.39 is 0 Å². The third kappa shape index (κ3) is 6.02. The van der Waals surface area contributed by atoms with Crippen molar-refractivity contribution in [2.45, 2.75) is 6.54 Å². The predicted octanol–water partition coefficient (Wildman–Crippen LogP) is 3.38. The maximum Gasteiger partial charge on any atom is 0.173 e. The predicted molar refractivity (Wildman–Crippen MR) is 112 cm³/mol. The molecular formula is C19H23BrN4OS. The van der Waals surface area contributed by atoms with E-state index in [-0.39, 0.29) is 0 Å². The van der Waals surface area contributed by atoms with Crippen LogP contribution in [0.4, 0.5) is 5.69 Å². The second-order valence-corrected chi connectivity index (χ2v) is 7.48. The lowest BCUT2D eigenvalue weighted by atomic mass is 10.2. The third-order valence-corrected chi connectivity index (χ3v) is 5.16. The summed E-state index contributed by atoms with van der Waals surface area (Å²) in [5.41, 5.74) is 2.13. The fourth-order valence-corrected chi connectivity index (χ4v) is 3.33. The SMILES string of the molecule is S=C(Nc1ccc(Br)cc1)N(CCN1CCOCC1)Cc1cccnc1. The summed E-state index contributed by atoms with van der Waals surface area (Å²) in [5, 5.41) is 4.08. The highest BCUT2D eigenvalue weighted by molar-refractivity contribution is 9.10. The second-order valence-electron chi connectivity index (χ2n) is 6.17. The Morgan fingerprint density at radius 3 is 2.69 bits per heavy atom. The van der Waals surface area contributed by atoms with Gasteiger partial charge in [-0.15, -0.1) is 0 Å². The molecule has 3 rings (SSSR count). The minimum atomic E-state index is 0.726. The van der Waals surface area contributed by atoms with Crippen molar-refractivity contribution in [3.05, 3.63) is 58.8 Å². The Morgan fingerprint density at radius 2 is 2.00 bits per heavy atom. The summed E-state index contributed by atoms with van der Waals surface area (Å²) in [6.45, 7) is 6.14. The van der Waals surface area contributed by atoms with Crippen LogP contribution in [0.15, 0.2) is 53.3 Å². The van der Waals surface area contributed by atoms with E-state index in [4.69, 9.17) is 17.0 Å². The van der Waals surface area contributed by atoms with Gasteiger partial charge in [-0.05, 0) is 48.1 Å². The van der Waals surface area contributed by atoms with E-state index in [0.29, 0.717) is 0 Å². The van der Waals surface area contributed by atoms with Gasteiger partial charge in [-0.3, -0.25) is 9.88 Å². The molecule has 1 aromatic heterocycles. The second kappa shape index (κ2) is 9.97. The van der Waals surface area contributed by atoms with Crippen LogP contribution in [0.25, 0.3) is 0 Å². The highest BCUT2D eigenvalue weighted by Crippen LogP contribution is 2.15. The number of pyridine rings is 1. The van der Waals surface area contributed by atoms with Crippen LogP contribution in [-0.2, 0) is 11.3 Å². The van der Waals surface area contributed by atoms with Gasteiger partial charge in [0.1, 0.15) is 0 Å². The van der Waals surface area contributed by atoms with Crippen molar-refractivity contribution in [3.63, 3.8) is 0 Å². The normalized spacial score (nSPS) is 14.8. The smallest absolute Gasteiger partial charge is 0.173 e. The number of ether oxygens (including phenoxy) is 1. The Bertz CT molecular complexity index is 692. The summed E-state index contributed by atoms with van der Waals surface area (Å²) in [6.07, 6.45) is 3.68. The maximum absolute atomic E-state index is 5.70. The van der Waals surface area contributed by atoms with E-state index in [9.17, 15) is 0 Å². The number of anilines is 1. The molecule has 0 radical (unpaired) electrons. The van der Waals surface area contributed by atoms with Crippen LogP contribution in [0, 0.1) is 0 Å². The molecule has 0 spiro atoms. The average Bonchev–Trinajstić information content (AvgIpc) is 2.68. The average molecular weight is 435 g/mol.